The van der Waals surface area contributed by atoms with E-state index in [-0.39, 0.29) is 5.91 Å². The van der Waals surface area contributed by atoms with Crippen molar-refractivity contribution in [3.63, 3.8) is 0 Å². The van der Waals surface area contributed by atoms with Crippen LogP contribution in [0.1, 0.15) is 24.2 Å². The van der Waals surface area contributed by atoms with E-state index < -0.39 is 0 Å². The molecule has 2 aromatic rings. The molecule has 72 valence electrons. The van der Waals surface area contributed by atoms with Crippen LogP contribution in [0.3, 0.4) is 0 Å². The number of fused-ring (bicyclic) bond motifs is 1. The van der Waals surface area contributed by atoms with Crippen LogP contribution in [0.2, 0.25) is 0 Å². The molecule has 2 rings (SSSR count). The van der Waals surface area contributed by atoms with Crippen molar-refractivity contribution in [3.05, 3.63) is 30.0 Å². The van der Waals surface area contributed by atoms with Crippen LogP contribution in [-0.4, -0.2) is 15.7 Å². The quantitative estimate of drug-likeness (QED) is 0.688. The van der Waals surface area contributed by atoms with Crippen molar-refractivity contribution in [2.45, 2.75) is 20.3 Å². The number of benzene rings is 1. The summed E-state index contributed by atoms with van der Waals surface area (Å²) < 4.78 is 1.47. The smallest absolute Gasteiger partial charge is 0.244 e. The predicted octanol–water partition coefficient (Wildman–Crippen LogP) is 2.26. The van der Waals surface area contributed by atoms with E-state index in [1.165, 1.54) is 11.6 Å². The summed E-state index contributed by atoms with van der Waals surface area (Å²) in [4.78, 5) is 11.3. The maximum absolute atomic E-state index is 11.3. The number of aromatic nitrogens is 2. The van der Waals surface area contributed by atoms with Crippen molar-refractivity contribution in [1.29, 1.82) is 0 Å². The molecule has 0 saturated heterocycles. The van der Waals surface area contributed by atoms with Crippen LogP contribution in [0.4, 0.5) is 0 Å². The number of para-hydroxylation sites is 1. The highest BCUT2D eigenvalue weighted by atomic mass is 16.2. The van der Waals surface area contributed by atoms with Gasteiger partial charge in [-0.3, -0.25) is 4.79 Å². The first-order chi connectivity index (χ1) is 6.74. The largest absolute Gasteiger partial charge is 0.273 e. The van der Waals surface area contributed by atoms with Gasteiger partial charge in [0.25, 0.3) is 0 Å². The second-order valence-corrected chi connectivity index (χ2v) is 3.28. The summed E-state index contributed by atoms with van der Waals surface area (Å²) in [6.07, 6.45) is 2.65. The Morgan fingerprint density at radius 2 is 2.29 bits per heavy atom. The number of carbonyl (C=O) groups excluding carboxylic acids is 1. The minimum Gasteiger partial charge on any atom is -0.273 e. The first-order valence-corrected chi connectivity index (χ1v) is 4.70. The predicted molar refractivity (Wildman–Crippen MR) is 55.4 cm³/mol. The number of rotatable bonds is 1. The van der Waals surface area contributed by atoms with E-state index in [9.17, 15) is 4.79 Å². The molecular weight excluding hydrogens is 176 g/mol. The minimum atomic E-state index is -0.0408. The molecule has 1 aromatic heterocycles. The lowest BCUT2D eigenvalue weighted by Crippen LogP contribution is -2.08. The summed E-state index contributed by atoms with van der Waals surface area (Å²) in [6.45, 7) is 3.60. The molecular formula is C11H12N2O. The van der Waals surface area contributed by atoms with Crippen LogP contribution in [0.15, 0.2) is 24.4 Å². The van der Waals surface area contributed by atoms with Crippen molar-refractivity contribution in [2.24, 2.45) is 0 Å². The van der Waals surface area contributed by atoms with Gasteiger partial charge in [-0.2, -0.15) is 5.10 Å². The zero-order valence-electron chi connectivity index (χ0n) is 8.32. The van der Waals surface area contributed by atoms with Crippen molar-refractivity contribution >= 4 is 16.8 Å². The van der Waals surface area contributed by atoms with Crippen LogP contribution < -0.4 is 0 Å². The monoisotopic (exact) mass is 188 g/mol. The van der Waals surface area contributed by atoms with Crippen LogP contribution >= 0.6 is 0 Å². The van der Waals surface area contributed by atoms with Gasteiger partial charge in [0.2, 0.25) is 5.91 Å². The van der Waals surface area contributed by atoms with Gasteiger partial charge in [0, 0.05) is 12.3 Å². The molecule has 1 heterocycles. The highest BCUT2D eigenvalue weighted by Gasteiger charge is 2.08. The summed E-state index contributed by atoms with van der Waals surface area (Å²) in [6, 6.07) is 6.00. The van der Waals surface area contributed by atoms with Crippen LogP contribution in [0.25, 0.3) is 10.9 Å². The first kappa shape index (κ1) is 8.94. The van der Waals surface area contributed by atoms with Gasteiger partial charge in [-0.1, -0.05) is 25.1 Å². The van der Waals surface area contributed by atoms with Crippen molar-refractivity contribution in [3.8, 4) is 0 Å². The summed E-state index contributed by atoms with van der Waals surface area (Å²) in [5.41, 5.74) is 2.11. The Kier molecular flexibility index (Phi) is 2.08. The van der Waals surface area contributed by atoms with Gasteiger partial charge in [-0.25, -0.2) is 4.68 Å². The SMILES string of the molecule is CCc1cccc2cnn(C(C)=O)c12. The number of nitrogens with zero attached hydrogens (tertiary/aromatic N) is 2. The molecule has 0 saturated carbocycles. The molecule has 3 nitrogen and oxygen atoms in total. The average Bonchev–Trinajstić information content (AvgIpc) is 2.60. The van der Waals surface area contributed by atoms with Gasteiger partial charge in [0.1, 0.15) is 0 Å². The Hall–Kier alpha value is -1.64. The molecule has 0 aliphatic heterocycles. The fourth-order valence-electron chi connectivity index (χ4n) is 1.68. The number of carbonyl (C=O) groups is 1. The number of hydrogen-bond donors (Lipinski definition) is 0. The topological polar surface area (TPSA) is 34.9 Å². The van der Waals surface area contributed by atoms with Gasteiger partial charge in [0.15, 0.2) is 0 Å². The Bertz CT molecular complexity index is 485. The van der Waals surface area contributed by atoms with Crippen LogP contribution in [0, 0.1) is 0 Å². The standard InChI is InChI=1S/C11H12N2O/c1-3-9-5-4-6-10-7-12-13(8(2)14)11(9)10/h4-7H,3H2,1-2H3. The molecule has 0 spiro atoms. The average molecular weight is 188 g/mol. The van der Waals surface area contributed by atoms with Gasteiger partial charge < -0.3 is 0 Å². The fraction of sp³-hybridized carbons (Fsp3) is 0.273. The zero-order chi connectivity index (χ0) is 10.1. The first-order valence-electron chi connectivity index (χ1n) is 4.70. The molecule has 1 aromatic carbocycles. The Labute approximate surface area is 82.3 Å². The summed E-state index contributed by atoms with van der Waals surface area (Å²) in [5, 5.41) is 5.10. The maximum atomic E-state index is 11.3. The molecule has 0 bridgehead atoms. The molecule has 0 unspecified atom stereocenters. The molecule has 0 aliphatic carbocycles. The van der Waals surface area contributed by atoms with E-state index in [0.29, 0.717) is 0 Å². The molecule has 3 heteroatoms. The van der Waals surface area contributed by atoms with Gasteiger partial charge in [0.05, 0.1) is 11.7 Å². The third-order valence-electron chi connectivity index (χ3n) is 2.35. The lowest BCUT2D eigenvalue weighted by molar-refractivity contribution is 0.0926. The maximum Gasteiger partial charge on any atom is 0.244 e. The van der Waals surface area contributed by atoms with Gasteiger partial charge in [-0.15, -0.1) is 0 Å². The van der Waals surface area contributed by atoms with Crippen LogP contribution in [0.5, 0.6) is 0 Å². The number of hydrogen-bond acceptors (Lipinski definition) is 2. The fourth-order valence-corrected chi connectivity index (χ4v) is 1.68. The second-order valence-electron chi connectivity index (χ2n) is 3.28. The molecule has 0 fully saturated rings. The molecule has 0 aliphatic rings. The highest BCUT2D eigenvalue weighted by molar-refractivity contribution is 5.91. The summed E-state index contributed by atoms with van der Waals surface area (Å²) >= 11 is 0. The van der Waals surface area contributed by atoms with E-state index in [4.69, 9.17) is 0 Å². The Morgan fingerprint density at radius 3 is 2.93 bits per heavy atom. The van der Waals surface area contributed by atoms with Gasteiger partial charge in [-0.05, 0) is 12.0 Å². The van der Waals surface area contributed by atoms with E-state index >= 15 is 0 Å². The molecule has 14 heavy (non-hydrogen) atoms. The normalized spacial score (nSPS) is 10.7. The Morgan fingerprint density at radius 1 is 1.50 bits per heavy atom. The zero-order valence-corrected chi connectivity index (χ0v) is 8.32. The van der Waals surface area contributed by atoms with Crippen molar-refractivity contribution in [1.82, 2.24) is 9.78 Å². The highest BCUT2D eigenvalue weighted by Crippen LogP contribution is 2.18. The van der Waals surface area contributed by atoms with Crippen LogP contribution in [-0.2, 0) is 6.42 Å². The van der Waals surface area contributed by atoms with Crippen molar-refractivity contribution in [2.75, 3.05) is 0 Å². The minimum absolute atomic E-state index is 0.0408. The lowest BCUT2D eigenvalue weighted by atomic mass is 10.1. The summed E-state index contributed by atoms with van der Waals surface area (Å²) in [7, 11) is 0. The third kappa shape index (κ3) is 1.21. The van der Waals surface area contributed by atoms with Gasteiger partial charge >= 0.3 is 0 Å². The van der Waals surface area contributed by atoms with E-state index in [1.807, 2.05) is 18.2 Å². The van der Waals surface area contributed by atoms with Crippen molar-refractivity contribution < 1.29 is 4.79 Å². The molecule has 0 N–H and O–H groups in total. The molecule has 0 radical (unpaired) electrons. The van der Waals surface area contributed by atoms with E-state index in [1.54, 1.807) is 6.20 Å². The third-order valence-corrected chi connectivity index (χ3v) is 2.35. The Balaban J connectivity index is 2.81. The van der Waals surface area contributed by atoms with E-state index in [0.717, 1.165) is 22.9 Å². The lowest BCUT2D eigenvalue weighted by Gasteiger charge is -2.02. The second kappa shape index (κ2) is 3.25. The molecule has 0 amide bonds. The summed E-state index contributed by atoms with van der Waals surface area (Å²) in [5.74, 6) is -0.0408. The number of aryl methyl sites for hydroxylation is 1. The van der Waals surface area contributed by atoms with E-state index in [2.05, 4.69) is 12.0 Å². The molecule has 0 atom stereocenters.